The van der Waals surface area contributed by atoms with E-state index in [1.54, 1.807) is 0 Å². The normalized spacial score (nSPS) is 10.3. The maximum absolute atomic E-state index is 5.74. The van der Waals surface area contributed by atoms with E-state index < -0.39 is 0 Å². The van der Waals surface area contributed by atoms with Gasteiger partial charge in [-0.3, -0.25) is 4.98 Å². The molecule has 1 aromatic rings. The Morgan fingerprint density at radius 2 is 2.18 bits per heavy atom. The minimum Gasteiger partial charge on any atom is -0.487 e. The predicted molar refractivity (Wildman–Crippen MR) is 71.3 cm³/mol. The summed E-state index contributed by atoms with van der Waals surface area (Å²) in [5.41, 5.74) is 3.08. The zero-order chi connectivity index (χ0) is 12.7. The predicted octanol–water partition coefficient (Wildman–Crippen LogP) is 2.84. The van der Waals surface area contributed by atoms with Gasteiger partial charge in [-0.05, 0) is 37.6 Å². The first-order valence-electron chi connectivity index (χ1n) is 6.14. The van der Waals surface area contributed by atoms with Crippen molar-refractivity contribution < 1.29 is 4.74 Å². The van der Waals surface area contributed by atoms with Gasteiger partial charge >= 0.3 is 0 Å². The molecule has 0 spiro atoms. The highest BCUT2D eigenvalue weighted by Gasteiger charge is 2.05. The van der Waals surface area contributed by atoms with Crippen LogP contribution in [0.2, 0.25) is 0 Å². The largest absolute Gasteiger partial charge is 0.487 e. The van der Waals surface area contributed by atoms with Crippen LogP contribution in [0.25, 0.3) is 0 Å². The van der Waals surface area contributed by atoms with Gasteiger partial charge in [0.2, 0.25) is 0 Å². The Balaban J connectivity index is 2.71. The molecule has 0 aliphatic carbocycles. The lowest BCUT2D eigenvalue weighted by molar-refractivity contribution is 0.342. The highest BCUT2D eigenvalue weighted by atomic mass is 16.5. The van der Waals surface area contributed by atoms with E-state index in [1.165, 1.54) is 0 Å². The van der Waals surface area contributed by atoms with Gasteiger partial charge in [-0.25, -0.2) is 0 Å². The van der Waals surface area contributed by atoms with Gasteiger partial charge in [-0.1, -0.05) is 20.4 Å². The van der Waals surface area contributed by atoms with Gasteiger partial charge in [0.05, 0.1) is 5.69 Å². The van der Waals surface area contributed by atoms with Crippen LogP contribution in [0.5, 0.6) is 5.75 Å². The topological polar surface area (TPSA) is 34.1 Å². The second-order valence-electron chi connectivity index (χ2n) is 4.07. The Bertz CT molecular complexity index is 374. The summed E-state index contributed by atoms with van der Waals surface area (Å²) < 4.78 is 5.74. The van der Waals surface area contributed by atoms with E-state index in [-0.39, 0.29) is 0 Å². The quantitative estimate of drug-likeness (QED) is 0.737. The minimum atomic E-state index is 0.570. The molecule has 1 rings (SSSR count). The number of nitrogens with one attached hydrogen (secondary N) is 1. The van der Waals surface area contributed by atoms with E-state index >= 15 is 0 Å². The van der Waals surface area contributed by atoms with Crippen LogP contribution in [0.3, 0.4) is 0 Å². The fraction of sp³-hybridized carbons (Fsp3) is 0.500. The van der Waals surface area contributed by atoms with Crippen LogP contribution in [0, 0.1) is 6.92 Å². The first kappa shape index (κ1) is 13.7. The summed E-state index contributed by atoms with van der Waals surface area (Å²) in [7, 11) is 0. The number of hydrogen-bond acceptors (Lipinski definition) is 3. The fourth-order valence-electron chi connectivity index (χ4n) is 1.38. The zero-order valence-corrected chi connectivity index (χ0v) is 11.0. The minimum absolute atomic E-state index is 0.570. The van der Waals surface area contributed by atoms with Crippen molar-refractivity contribution in [2.24, 2.45) is 0 Å². The van der Waals surface area contributed by atoms with Crippen LogP contribution in [0.1, 0.15) is 31.7 Å². The summed E-state index contributed by atoms with van der Waals surface area (Å²) in [5, 5.41) is 3.27. The number of rotatable bonds is 7. The van der Waals surface area contributed by atoms with Crippen LogP contribution in [0.15, 0.2) is 24.3 Å². The molecule has 1 heterocycles. The van der Waals surface area contributed by atoms with Gasteiger partial charge in [0.15, 0.2) is 0 Å². The van der Waals surface area contributed by atoms with Gasteiger partial charge in [0.1, 0.15) is 12.4 Å². The first-order chi connectivity index (χ1) is 8.17. The van der Waals surface area contributed by atoms with E-state index in [0.717, 1.165) is 42.2 Å². The number of hydrogen-bond donors (Lipinski definition) is 1. The van der Waals surface area contributed by atoms with Gasteiger partial charge < -0.3 is 10.1 Å². The molecule has 3 nitrogen and oxygen atoms in total. The highest BCUT2D eigenvalue weighted by molar-refractivity contribution is 5.29. The maximum Gasteiger partial charge on any atom is 0.142 e. The Kier molecular flexibility index (Phi) is 5.70. The molecule has 1 N–H and O–H groups in total. The molecule has 0 fully saturated rings. The number of nitrogens with zero attached hydrogens (tertiary/aromatic N) is 1. The lowest BCUT2D eigenvalue weighted by Crippen LogP contribution is -2.15. The summed E-state index contributed by atoms with van der Waals surface area (Å²) >= 11 is 0. The van der Waals surface area contributed by atoms with Crippen molar-refractivity contribution >= 4 is 0 Å². The maximum atomic E-state index is 5.74. The summed E-state index contributed by atoms with van der Waals surface area (Å²) in [6.07, 6.45) is 0.946. The van der Waals surface area contributed by atoms with E-state index in [1.807, 2.05) is 19.1 Å². The molecule has 1 aromatic heterocycles. The molecule has 0 saturated carbocycles. The number of ether oxygens (including phenoxy) is 1. The average Bonchev–Trinajstić information content (AvgIpc) is 2.34. The molecule has 0 radical (unpaired) electrons. The molecular formula is C14H22N2O. The molecule has 0 aromatic carbocycles. The molecule has 3 heteroatoms. The van der Waals surface area contributed by atoms with Crippen LogP contribution < -0.4 is 10.1 Å². The molecule has 0 atom stereocenters. The van der Waals surface area contributed by atoms with E-state index in [4.69, 9.17) is 4.74 Å². The second kappa shape index (κ2) is 7.07. The SMILES string of the molecule is C=C(CC)COc1ccc(C)nc1CNCC. The molecule has 0 aliphatic rings. The second-order valence-corrected chi connectivity index (χ2v) is 4.07. The third-order valence-corrected chi connectivity index (χ3v) is 2.55. The van der Waals surface area contributed by atoms with Crippen LogP contribution >= 0.6 is 0 Å². The lowest BCUT2D eigenvalue weighted by Gasteiger charge is -2.12. The Morgan fingerprint density at radius 1 is 1.41 bits per heavy atom. The van der Waals surface area contributed by atoms with E-state index in [0.29, 0.717) is 6.61 Å². The monoisotopic (exact) mass is 234 g/mol. The standard InChI is InChI=1S/C14H22N2O/c1-5-11(3)10-17-14-8-7-12(4)16-13(14)9-15-6-2/h7-8,15H,3,5-6,9-10H2,1-2,4H3. The van der Waals surface area contributed by atoms with Crippen molar-refractivity contribution in [2.75, 3.05) is 13.2 Å². The van der Waals surface area contributed by atoms with E-state index in [9.17, 15) is 0 Å². The van der Waals surface area contributed by atoms with Crippen LogP contribution in [-0.4, -0.2) is 18.1 Å². The molecule has 17 heavy (non-hydrogen) atoms. The highest BCUT2D eigenvalue weighted by Crippen LogP contribution is 2.17. The van der Waals surface area contributed by atoms with Crippen LogP contribution in [0.4, 0.5) is 0 Å². The van der Waals surface area contributed by atoms with E-state index in [2.05, 4.69) is 30.7 Å². The Hall–Kier alpha value is -1.35. The molecule has 0 aliphatic heterocycles. The van der Waals surface area contributed by atoms with Gasteiger partial charge in [0, 0.05) is 12.2 Å². The van der Waals surface area contributed by atoms with Crippen molar-refractivity contribution in [1.82, 2.24) is 10.3 Å². The van der Waals surface area contributed by atoms with Gasteiger partial charge in [0.25, 0.3) is 0 Å². The van der Waals surface area contributed by atoms with Crippen molar-refractivity contribution in [1.29, 1.82) is 0 Å². The summed E-state index contributed by atoms with van der Waals surface area (Å²) in [6.45, 7) is 12.3. The number of pyridine rings is 1. The smallest absolute Gasteiger partial charge is 0.142 e. The molecule has 0 unspecified atom stereocenters. The van der Waals surface area contributed by atoms with Gasteiger partial charge in [-0.2, -0.15) is 0 Å². The molecule has 0 amide bonds. The molecular weight excluding hydrogens is 212 g/mol. The number of aromatic nitrogens is 1. The Labute approximate surface area is 104 Å². The number of aryl methyl sites for hydroxylation is 1. The third kappa shape index (κ3) is 4.57. The summed E-state index contributed by atoms with van der Waals surface area (Å²) in [6, 6.07) is 3.96. The molecule has 0 bridgehead atoms. The fourth-order valence-corrected chi connectivity index (χ4v) is 1.38. The molecule has 94 valence electrons. The van der Waals surface area contributed by atoms with Crippen molar-refractivity contribution in [2.45, 2.75) is 33.7 Å². The van der Waals surface area contributed by atoms with Crippen LogP contribution in [-0.2, 0) is 6.54 Å². The van der Waals surface area contributed by atoms with Crippen molar-refractivity contribution in [3.05, 3.63) is 35.7 Å². The Morgan fingerprint density at radius 3 is 2.82 bits per heavy atom. The third-order valence-electron chi connectivity index (χ3n) is 2.55. The first-order valence-corrected chi connectivity index (χ1v) is 6.14. The lowest BCUT2D eigenvalue weighted by atomic mass is 10.2. The molecule has 0 saturated heterocycles. The zero-order valence-electron chi connectivity index (χ0n) is 11.0. The van der Waals surface area contributed by atoms with Gasteiger partial charge in [-0.15, -0.1) is 0 Å². The summed E-state index contributed by atoms with van der Waals surface area (Å²) in [5.74, 6) is 0.853. The summed E-state index contributed by atoms with van der Waals surface area (Å²) in [4.78, 5) is 4.50. The average molecular weight is 234 g/mol. The van der Waals surface area contributed by atoms with Crippen molar-refractivity contribution in [3.63, 3.8) is 0 Å². The van der Waals surface area contributed by atoms with Crippen molar-refractivity contribution in [3.8, 4) is 5.75 Å².